The summed E-state index contributed by atoms with van der Waals surface area (Å²) in [7, 11) is 0. The molecule has 0 unspecified atom stereocenters. The molecule has 41 heavy (non-hydrogen) atoms. The van der Waals surface area contributed by atoms with Crippen LogP contribution in [0, 0.1) is 6.92 Å². The van der Waals surface area contributed by atoms with Gasteiger partial charge in [-0.15, -0.1) is 0 Å². The molecule has 0 aliphatic carbocycles. The summed E-state index contributed by atoms with van der Waals surface area (Å²) in [5.74, 6) is 0.753. The summed E-state index contributed by atoms with van der Waals surface area (Å²) in [5, 5.41) is 0. The molecule has 1 aromatic heterocycles. The molecule has 0 N–H and O–H groups in total. The summed E-state index contributed by atoms with van der Waals surface area (Å²) >= 11 is 0. The van der Waals surface area contributed by atoms with Crippen LogP contribution in [0.15, 0.2) is 60.8 Å². The first kappa shape index (κ1) is 29.8. The van der Waals surface area contributed by atoms with Gasteiger partial charge in [0.1, 0.15) is 17.0 Å². The molecule has 5 rings (SSSR count). The number of nitrogens with zero attached hydrogens (tertiary/aromatic N) is 3. The largest absolute Gasteiger partial charge is 0.494 e. The first-order valence-corrected chi connectivity index (χ1v) is 13.2. The molecule has 2 saturated heterocycles. The molecule has 11 heteroatoms. The molecule has 0 radical (unpaired) electrons. The number of para-hydroxylation sites is 1. The highest BCUT2D eigenvalue weighted by Crippen LogP contribution is 2.38. The maximum absolute atomic E-state index is 13.1. The number of rotatable bonds is 6. The number of ether oxygens (including phenoxy) is 2. The van der Waals surface area contributed by atoms with Crippen LogP contribution in [0.25, 0.3) is 11.1 Å². The van der Waals surface area contributed by atoms with E-state index in [2.05, 4.69) is 9.88 Å². The number of anilines is 1. The van der Waals surface area contributed by atoms with E-state index in [0.717, 1.165) is 47.3 Å². The molecule has 0 saturated carbocycles. The molecule has 8 nitrogen and oxygen atoms in total. The number of hydrogen-bond acceptors (Lipinski definition) is 7. The molecular formula is C30H30F3N3O5. The van der Waals surface area contributed by atoms with E-state index in [0.29, 0.717) is 38.1 Å². The lowest BCUT2D eigenvalue weighted by Gasteiger charge is -2.37. The predicted octanol–water partition coefficient (Wildman–Crippen LogP) is 5.88. The number of halogens is 3. The summed E-state index contributed by atoms with van der Waals surface area (Å²) in [6.45, 7) is 6.90. The fourth-order valence-corrected chi connectivity index (χ4v) is 5.21. The number of hydrogen-bond donors (Lipinski definition) is 0. The van der Waals surface area contributed by atoms with Gasteiger partial charge in [0.2, 0.25) is 0 Å². The van der Waals surface area contributed by atoms with Crippen LogP contribution in [0.1, 0.15) is 36.6 Å². The SMILES string of the molecule is CCOc1cc(CN2CCC3(CC2)CN(c2ccccc2)C(=O)O3)c(-c2ccc(C(F)(F)F)nc2)cc1C.O=C=O. The monoisotopic (exact) mass is 569 g/mol. The Labute approximate surface area is 235 Å². The van der Waals surface area contributed by atoms with Gasteiger partial charge in [0.25, 0.3) is 0 Å². The van der Waals surface area contributed by atoms with Crippen LogP contribution in [0.2, 0.25) is 0 Å². The molecule has 216 valence electrons. The fraction of sp³-hybridized carbons (Fsp3) is 0.367. The van der Waals surface area contributed by atoms with Crippen molar-refractivity contribution in [3.05, 3.63) is 77.6 Å². The van der Waals surface area contributed by atoms with Crippen molar-refractivity contribution < 1.29 is 37.0 Å². The van der Waals surface area contributed by atoms with Gasteiger partial charge >= 0.3 is 18.4 Å². The van der Waals surface area contributed by atoms with Gasteiger partial charge in [0.15, 0.2) is 0 Å². The molecule has 2 aliphatic rings. The second-order valence-corrected chi connectivity index (χ2v) is 9.97. The van der Waals surface area contributed by atoms with Crippen LogP contribution in [0.4, 0.5) is 23.7 Å². The Hall–Kier alpha value is -4.21. The summed E-state index contributed by atoms with van der Waals surface area (Å²) in [6, 6.07) is 15.9. The fourth-order valence-electron chi connectivity index (χ4n) is 5.21. The van der Waals surface area contributed by atoms with Crippen molar-refractivity contribution in [3.63, 3.8) is 0 Å². The molecule has 2 aromatic carbocycles. The van der Waals surface area contributed by atoms with Crippen LogP contribution in [0.3, 0.4) is 0 Å². The molecule has 3 heterocycles. The molecule has 2 fully saturated rings. The Bertz CT molecular complexity index is 1380. The van der Waals surface area contributed by atoms with E-state index in [9.17, 15) is 18.0 Å². The Morgan fingerprint density at radius 3 is 2.34 bits per heavy atom. The second-order valence-electron chi connectivity index (χ2n) is 9.97. The Morgan fingerprint density at radius 1 is 1.07 bits per heavy atom. The van der Waals surface area contributed by atoms with Crippen molar-refractivity contribution in [2.45, 2.75) is 45.0 Å². The van der Waals surface area contributed by atoms with Crippen molar-refractivity contribution in [1.29, 1.82) is 0 Å². The van der Waals surface area contributed by atoms with Gasteiger partial charge in [0.05, 0.1) is 13.2 Å². The number of carbonyl (C=O) groups excluding carboxylic acids is 3. The molecule has 0 bridgehead atoms. The normalized spacial score (nSPS) is 16.5. The van der Waals surface area contributed by atoms with Crippen LogP contribution in [-0.4, -0.2) is 54.0 Å². The number of pyridine rings is 1. The Morgan fingerprint density at radius 2 is 1.76 bits per heavy atom. The standard InChI is InChI=1S/C29H30F3N3O3.CO2/c1-3-37-25-16-22(24(15-20(25)2)21-9-10-26(33-17-21)29(30,31)32)18-34-13-11-28(12-14-34)19-35(27(36)38-28)23-7-5-4-6-8-23;2-1-3/h4-10,15-17H,3,11-14,18-19H2,1-2H3;. The van der Waals surface area contributed by atoms with Crippen molar-refractivity contribution in [1.82, 2.24) is 9.88 Å². The topological polar surface area (TPSA) is 89.0 Å². The van der Waals surface area contributed by atoms with E-state index in [1.807, 2.05) is 56.3 Å². The van der Waals surface area contributed by atoms with Crippen molar-refractivity contribution in [3.8, 4) is 16.9 Å². The van der Waals surface area contributed by atoms with E-state index in [1.165, 1.54) is 12.3 Å². The lowest BCUT2D eigenvalue weighted by Crippen LogP contribution is -2.46. The highest BCUT2D eigenvalue weighted by molar-refractivity contribution is 5.90. The number of aryl methyl sites for hydroxylation is 1. The zero-order chi connectivity index (χ0) is 29.6. The van der Waals surface area contributed by atoms with Gasteiger partial charge < -0.3 is 9.47 Å². The quantitative estimate of drug-likeness (QED) is 0.366. The Balaban J connectivity index is 0.00000124. The maximum Gasteiger partial charge on any atom is 0.433 e. The lowest BCUT2D eigenvalue weighted by molar-refractivity contribution is -0.191. The van der Waals surface area contributed by atoms with Crippen LogP contribution in [0.5, 0.6) is 5.75 Å². The third-order valence-corrected chi connectivity index (χ3v) is 7.27. The average Bonchev–Trinajstić information content (AvgIpc) is 3.27. The van der Waals surface area contributed by atoms with E-state index in [4.69, 9.17) is 19.1 Å². The molecule has 2 aliphatic heterocycles. The Kier molecular flexibility index (Phi) is 9.10. The number of alkyl halides is 3. The third-order valence-electron chi connectivity index (χ3n) is 7.27. The first-order chi connectivity index (χ1) is 19.6. The number of piperidine rings is 1. The minimum absolute atomic E-state index is 0.250. The number of carbonyl (C=O) groups is 1. The van der Waals surface area contributed by atoms with Crippen molar-refractivity contribution in [2.75, 3.05) is 31.1 Å². The van der Waals surface area contributed by atoms with E-state index in [-0.39, 0.29) is 12.2 Å². The van der Waals surface area contributed by atoms with Crippen molar-refractivity contribution in [2.24, 2.45) is 0 Å². The number of aromatic nitrogens is 1. The minimum Gasteiger partial charge on any atom is -0.494 e. The molecule has 0 atom stereocenters. The van der Waals surface area contributed by atoms with Crippen LogP contribution in [-0.2, 0) is 27.0 Å². The smallest absolute Gasteiger partial charge is 0.433 e. The lowest BCUT2D eigenvalue weighted by atomic mass is 9.90. The van der Waals surface area contributed by atoms with Gasteiger partial charge in [-0.3, -0.25) is 14.8 Å². The third kappa shape index (κ3) is 6.93. The van der Waals surface area contributed by atoms with Gasteiger partial charge in [-0.2, -0.15) is 22.8 Å². The van der Waals surface area contributed by atoms with Crippen LogP contribution >= 0.6 is 0 Å². The summed E-state index contributed by atoms with van der Waals surface area (Å²) in [6.07, 6.45) is -1.88. The zero-order valence-electron chi connectivity index (χ0n) is 22.7. The minimum atomic E-state index is -4.49. The number of likely N-dealkylation sites (tertiary alicyclic amines) is 1. The summed E-state index contributed by atoms with van der Waals surface area (Å²) < 4.78 is 50.9. The second kappa shape index (κ2) is 12.5. The van der Waals surface area contributed by atoms with Gasteiger partial charge in [-0.1, -0.05) is 24.3 Å². The highest BCUT2D eigenvalue weighted by atomic mass is 19.4. The van der Waals surface area contributed by atoms with Gasteiger partial charge in [-0.05, 0) is 60.9 Å². The van der Waals surface area contributed by atoms with E-state index < -0.39 is 17.5 Å². The van der Waals surface area contributed by atoms with Crippen molar-refractivity contribution >= 4 is 17.9 Å². The number of benzene rings is 2. The first-order valence-electron chi connectivity index (χ1n) is 13.2. The van der Waals surface area contributed by atoms with Gasteiger partial charge in [-0.25, -0.2) is 4.79 Å². The summed E-state index contributed by atoms with van der Waals surface area (Å²) in [5.41, 5.74) is 2.70. The van der Waals surface area contributed by atoms with E-state index >= 15 is 0 Å². The maximum atomic E-state index is 13.1. The zero-order valence-corrected chi connectivity index (χ0v) is 22.7. The average molecular weight is 570 g/mol. The molecule has 1 spiro atoms. The summed E-state index contributed by atoms with van der Waals surface area (Å²) in [4.78, 5) is 36.5. The van der Waals surface area contributed by atoms with Crippen LogP contribution < -0.4 is 9.64 Å². The highest BCUT2D eigenvalue weighted by Gasteiger charge is 2.47. The molecule has 1 amide bonds. The predicted molar refractivity (Wildman–Crippen MR) is 143 cm³/mol. The number of amides is 1. The molecular weight excluding hydrogens is 539 g/mol. The van der Waals surface area contributed by atoms with Gasteiger partial charge in [0, 0.05) is 49.9 Å². The van der Waals surface area contributed by atoms with E-state index in [1.54, 1.807) is 4.90 Å². The molecule has 3 aromatic rings.